The van der Waals surface area contributed by atoms with E-state index in [4.69, 9.17) is 4.74 Å². The van der Waals surface area contributed by atoms with E-state index in [1.807, 2.05) is 0 Å². The van der Waals surface area contributed by atoms with E-state index in [0.717, 1.165) is 31.4 Å². The van der Waals surface area contributed by atoms with Crippen LogP contribution in [-0.4, -0.2) is 23.2 Å². The maximum atomic E-state index is 13.5. The summed E-state index contributed by atoms with van der Waals surface area (Å²) in [5.41, 5.74) is -6.80. The third kappa shape index (κ3) is 7.58. The van der Waals surface area contributed by atoms with Gasteiger partial charge in [0, 0.05) is 24.2 Å². The average molecular weight is 601 g/mol. The van der Waals surface area contributed by atoms with Gasteiger partial charge in [-0.3, -0.25) is 4.90 Å². The molecule has 0 aliphatic rings. The highest BCUT2D eigenvalue weighted by molar-refractivity contribution is 5.75. The van der Waals surface area contributed by atoms with Crippen LogP contribution in [0.15, 0.2) is 54.6 Å². The summed E-state index contributed by atoms with van der Waals surface area (Å²) in [4.78, 5) is 12.3. The third-order valence-electron chi connectivity index (χ3n) is 5.85. The standard InChI is InChI=1S/C26H18F11NO3/c1-41-21-5-2-14(22(27)28)9-20(21)19-4-3-16(24(29,30)31)8-15(19)12-38(23(39)40)11-13-6-17(25(32,33)34)10-18(7-13)26(35,36)37/h2-10,22H,11-12H2,1H3,(H,39,40). The molecule has 41 heavy (non-hydrogen) atoms. The van der Waals surface area contributed by atoms with Gasteiger partial charge in [-0.05, 0) is 65.2 Å². The number of carboxylic acid groups (broad SMARTS) is 1. The zero-order chi connectivity index (χ0) is 30.9. The largest absolute Gasteiger partial charge is 0.496 e. The molecule has 1 N–H and O–H groups in total. The molecule has 3 rings (SSSR count). The van der Waals surface area contributed by atoms with E-state index in [1.165, 1.54) is 0 Å². The first kappa shape index (κ1) is 31.5. The monoisotopic (exact) mass is 601 g/mol. The Morgan fingerprint density at radius 2 is 1.32 bits per heavy atom. The lowest BCUT2D eigenvalue weighted by molar-refractivity contribution is -0.143. The number of rotatable bonds is 7. The number of benzene rings is 3. The molecule has 1 amide bonds. The summed E-state index contributed by atoms with van der Waals surface area (Å²) in [6.07, 6.45) is -20.3. The minimum atomic E-state index is -5.23. The smallest absolute Gasteiger partial charge is 0.416 e. The van der Waals surface area contributed by atoms with Gasteiger partial charge in [0.1, 0.15) is 5.75 Å². The summed E-state index contributed by atoms with van der Waals surface area (Å²) in [6.45, 7) is -2.07. The molecule has 0 fully saturated rings. The average Bonchev–Trinajstić information content (AvgIpc) is 2.86. The van der Waals surface area contributed by atoms with Crippen molar-refractivity contribution in [2.24, 2.45) is 0 Å². The van der Waals surface area contributed by atoms with Gasteiger partial charge < -0.3 is 9.84 Å². The van der Waals surface area contributed by atoms with Crippen LogP contribution in [0.2, 0.25) is 0 Å². The van der Waals surface area contributed by atoms with Gasteiger partial charge in [-0.1, -0.05) is 6.07 Å². The van der Waals surface area contributed by atoms with E-state index in [2.05, 4.69) is 0 Å². The van der Waals surface area contributed by atoms with Crippen LogP contribution in [0.3, 0.4) is 0 Å². The van der Waals surface area contributed by atoms with Gasteiger partial charge in [0.2, 0.25) is 0 Å². The van der Waals surface area contributed by atoms with Crippen LogP contribution >= 0.6 is 0 Å². The van der Waals surface area contributed by atoms with E-state index < -0.39 is 77.5 Å². The highest BCUT2D eigenvalue weighted by Crippen LogP contribution is 2.40. The zero-order valence-corrected chi connectivity index (χ0v) is 20.6. The third-order valence-corrected chi connectivity index (χ3v) is 5.85. The molecule has 0 unspecified atom stereocenters. The maximum Gasteiger partial charge on any atom is 0.416 e. The Labute approximate surface area is 224 Å². The van der Waals surface area contributed by atoms with Crippen LogP contribution < -0.4 is 4.74 Å². The van der Waals surface area contributed by atoms with Gasteiger partial charge in [0.15, 0.2) is 0 Å². The second-order valence-corrected chi connectivity index (χ2v) is 8.68. The van der Waals surface area contributed by atoms with Crippen molar-refractivity contribution in [1.82, 2.24) is 4.90 Å². The summed E-state index contributed by atoms with van der Waals surface area (Å²) in [5, 5.41) is 9.70. The predicted molar refractivity (Wildman–Crippen MR) is 122 cm³/mol. The number of alkyl halides is 11. The molecular formula is C26H18F11NO3. The number of ether oxygens (including phenoxy) is 1. The molecule has 0 heterocycles. The zero-order valence-electron chi connectivity index (χ0n) is 20.6. The number of methoxy groups -OCH3 is 1. The van der Waals surface area contributed by atoms with Gasteiger partial charge >= 0.3 is 24.6 Å². The second kappa shape index (κ2) is 11.4. The molecular weight excluding hydrogens is 583 g/mol. The highest BCUT2D eigenvalue weighted by Gasteiger charge is 2.37. The molecule has 15 heteroatoms. The Bertz CT molecular complexity index is 1380. The Morgan fingerprint density at radius 1 is 0.756 bits per heavy atom. The van der Waals surface area contributed by atoms with Gasteiger partial charge in [-0.15, -0.1) is 0 Å². The van der Waals surface area contributed by atoms with Crippen molar-refractivity contribution in [3.63, 3.8) is 0 Å². The Balaban J connectivity index is 2.17. The summed E-state index contributed by atoms with van der Waals surface area (Å²) >= 11 is 0. The van der Waals surface area contributed by atoms with Gasteiger partial charge in [-0.25, -0.2) is 13.6 Å². The van der Waals surface area contributed by atoms with Crippen molar-refractivity contribution >= 4 is 6.09 Å². The van der Waals surface area contributed by atoms with Crippen molar-refractivity contribution in [2.75, 3.05) is 7.11 Å². The SMILES string of the molecule is COc1ccc(C(F)F)cc1-c1ccc(C(F)(F)F)cc1CN(Cc1cc(C(F)(F)F)cc(C(F)(F)F)c1)C(=O)O. The van der Waals surface area contributed by atoms with Crippen LogP contribution in [-0.2, 0) is 31.6 Å². The first-order valence-corrected chi connectivity index (χ1v) is 11.2. The predicted octanol–water partition coefficient (Wildman–Crippen LogP) is 9.04. The molecule has 3 aromatic rings. The Hall–Kier alpha value is -4.04. The molecule has 0 atom stereocenters. The summed E-state index contributed by atoms with van der Waals surface area (Å²) in [6, 6.07) is 5.39. The number of carbonyl (C=O) groups is 1. The lowest BCUT2D eigenvalue weighted by Gasteiger charge is -2.24. The van der Waals surface area contributed by atoms with E-state index in [-0.39, 0.29) is 40.0 Å². The minimum absolute atomic E-state index is 0.0787. The number of amides is 1. The van der Waals surface area contributed by atoms with Crippen LogP contribution in [0.4, 0.5) is 53.1 Å². The first-order valence-electron chi connectivity index (χ1n) is 11.2. The van der Waals surface area contributed by atoms with Crippen LogP contribution in [0, 0.1) is 0 Å². The van der Waals surface area contributed by atoms with Crippen molar-refractivity contribution in [3.05, 3.63) is 88.0 Å². The van der Waals surface area contributed by atoms with Gasteiger partial charge in [0.25, 0.3) is 6.43 Å². The van der Waals surface area contributed by atoms with E-state index in [0.29, 0.717) is 12.1 Å². The Morgan fingerprint density at radius 3 is 1.78 bits per heavy atom. The molecule has 0 radical (unpaired) electrons. The molecule has 0 bridgehead atoms. The number of halogens is 11. The minimum Gasteiger partial charge on any atom is -0.496 e. The van der Waals surface area contributed by atoms with E-state index in [1.54, 1.807) is 0 Å². The Kier molecular flexibility index (Phi) is 8.79. The van der Waals surface area contributed by atoms with Crippen molar-refractivity contribution in [2.45, 2.75) is 38.0 Å². The lowest BCUT2D eigenvalue weighted by Crippen LogP contribution is -2.29. The fourth-order valence-electron chi connectivity index (χ4n) is 3.96. The van der Waals surface area contributed by atoms with Crippen LogP contribution in [0.5, 0.6) is 5.75 Å². The normalized spacial score (nSPS) is 12.5. The molecule has 0 aromatic heterocycles. The van der Waals surface area contributed by atoms with Gasteiger partial charge in [-0.2, -0.15) is 39.5 Å². The van der Waals surface area contributed by atoms with Crippen molar-refractivity contribution in [1.29, 1.82) is 0 Å². The quantitative estimate of drug-likeness (QED) is 0.275. The fraction of sp³-hybridized carbons (Fsp3) is 0.269. The molecule has 0 saturated carbocycles. The summed E-state index contributed by atoms with van der Waals surface area (Å²) < 4.78 is 152. The van der Waals surface area contributed by atoms with E-state index >= 15 is 0 Å². The lowest BCUT2D eigenvalue weighted by atomic mass is 9.94. The molecule has 4 nitrogen and oxygen atoms in total. The van der Waals surface area contributed by atoms with Crippen molar-refractivity contribution < 1.29 is 62.9 Å². The van der Waals surface area contributed by atoms with Gasteiger partial charge in [0.05, 0.1) is 23.8 Å². The molecule has 3 aromatic carbocycles. The number of hydrogen-bond acceptors (Lipinski definition) is 2. The number of hydrogen-bond donors (Lipinski definition) is 1. The van der Waals surface area contributed by atoms with E-state index in [9.17, 15) is 58.2 Å². The molecule has 0 saturated heterocycles. The highest BCUT2D eigenvalue weighted by atomic mass is 19.4. The topological polar surface area (TPSA) is 49.8 Å². The molecule has 222 valence electrons. The van der Waals surface area contributed by atoms with Crippen LogP contribution in [0.1, 0.15) is 39.8 Å². The molecule has 0 spiro atoms. The van der Waals surface area contributed by atoms with Crippen LogP contribution in [0.25, 0.3) is 11.1 Å². The first-order chi connectivity index (χ1) is 18.8. The second-order valence-electron chi connectivity index (χ2n) is 8.68. The summed E-state index contributed by atoms with van der Waals surface area (Å²) in [7, 11) is 1.14. The molecule has 0 aliphatic heterocycles. The molecule has 0 aliphatic carbocycles. The number of nitrogens with zero attached hydrogens (tertiary/aromatic N) is 1. The van der Waals surface area contributed by atoms with Crippen molar-refractivity contribution in [3.8, 4) is 16.9 Å². The summed E-state index contributed by atoms with van der Waals surface area (Å²) in [5.74, 6) is -0.0787. The fourth-order valence-corrected chi connectivity index (χ4v) is 3.96. The maximum absolute atomic E-state index is 13.5.